The molecule has 0 aromatic carbocycles. The van der Waals surface area contributed by atoms with Gasteiger partial charge in [0.15, 0.2) is 0 Å². The summed E-state index contributed by atoms with van der Waals surface area (Å²) in [6, 6.07) is 0. The van der Waals surface area contributed by atoms with Gasteiger partial charge in [0.05, 0.1) is 0 Å². The van der Waals surface area contributed by atoms with Crippen LogP contribution in [0.3, 0.4) is 0 Å². The van der Waals surface area contributed by atoms with E-state index in [1.807, 2.05) is 0 Å². The SMILES string of the molecule is CC(C)(C)C=CCCCl. The second kappa shape index (κ2) is 3.94. The zero-order valence-corrected chi connectivity index (χ0v) is 7.20. The van der Waals surface area contributed by atoms with E-state index in [9.17, 15) is 0 Å². The Labute approximate surface area is 62.9 Å². The minimum Gasteiger partial charge on any atom is -0.126 e. The van der Waals surface area contributed by atoms with E-state index in [1.54, 1.807) is 0 Å². The maximum absolute atomic E-state index is 5.48. The molecular weight excluding hydrogens is 132 g/mol. The average molecular weight is 147 g/mol. The van der Waals surface area contributed by atoms with Crippen LogP contribution in [-0.4, -0.2) is 5.88 Å². The number of hydrogen-bond donors (Lipinski definition) is 0. The normalized spacial score (nSPS) is 12.9. The molecule has 0 N–H and O–H groups in total. The third-order valence-corrected chi connectivity index (χ3v) is 1.11. The molecule has 0 aliphatic carbocycles. The molecule has 0 amide bonds. The van der Waals surface area contributed by atoms with E-state index in [4.69, 9.17) is 11.6 Å². The van der Waals surface area contributed by atoms with E-state index >= 15 is 0 Å². The monoisotopic (exact) mass is 146 g/mol. The summed E-state index contributed by atoms with van der Waals surface area (Å²) in [5.41, 5.74) is 0.312. The van der Waals surface area contributed by atoms with Gasteiger partial charge in [-0.3, -0.25) is 0 Å². The first kappa shape index (κ1) is 9.03. The van der Waals surface area contributed by atoms with Gasteiger partial charge in [-0.05, 0) is 11.8 Å². The summed E-state index contributed by atoms with van der Waals surface area (Å²) >= 11 is 5.48. The Morgan fingerprint density at radius 3 is 2.22 bits per heavy atom. The lowest BCUT2D eigenvalue weighted by atomic mass is 9.96. The van der Waals surface area contributed by atoms with Crippen molar-refractivity contribution in [1.29, 1.82) is 0 Å². The Bertz CT molecular complexity index is 87.2. The van der Waals surface area contributed by atoms with Gasteiger partial charge in [0, 0.05) is 5.88 Å². The summed E-state index contributed by atoms with van der Waals surface area (Å²) in [6.07, 6.45) is 5.31. The predicted octanol–water partition coefficient (Wildman–Crippen LogP) is 3.22. The molecule has 0 nitrogen and oxygen atoms in total. The third kappa shape index (κ3) is 8.03. The van der Waals surface area contributed by atoms with E-state index in [0.717, 1.165) is 12.3 Å². The molecule has 0 radical (unpaired) electrons. The van der Waals surface area contributed by atoms with E-state index in [2.05, 4.69) is 32.9 Å². The van der Waals surface area contributed by atoms with Gasteiger partial charge in [-0.2, -0.15) is 0 Å². The number of hydrogen-bond acceptors (Lipinski definition) is 0. The highest BCUT2D eigenvalue weighted by molar-refractivity contribution is 6.17. The standard InChI is InChI=1S/C8H15Cl/c1-8(2,3)6-4-5-7-9/h4,6H,5,7H2,1-3H3. The van der Waals surface area contributed by atoms with E-state index in [0.29, 0.717) is 5.41 Å². The Kier molecular flexibility index (Phi) is 3.96. The number of allylic oxidation sites excluding steroid dienone is 2. The van der Waals surface area contributed by atoms with Crippen molar-refractivity contribution >= 4 is 11.6 Å². The highest BCUT2D eigenvalue weighted by Crippen LogP contribution is 2.14. The first-order chi connectivity index (χ1) is 4.06. The van der Waals surface area contributed by atoms with Crippen molar-refractivity contribution < 1.29 is 0 Å². The molecule has 0 bridgehead atoms. The summed E-state index contributed by atoms with van der Waals surface area (Å²) in [6.45, 7) is 6.53. The van der Waals surface area contributed by atoms with E-state index < -0.39 is 0 Å². The maximum Gasteiger partial charge on any atom is 0.0258 e. The van der Waals surface area contributed by atoms with Crippen molar-refractivity contribution in [2.75, 3.05) is 5.88 Å². The zero-order chi connectivity index (χ0) is 7.33. The molecular formula is C8H15Cl. The fourth-order valence-electron chi connectivity index (χ4n) is 0.500. The smallest absolute Gasteiger partial charge is 0.0258 e. The van der Waals surface area contributed by atoms with Gasteiger partial charge in [-0.25, -0.2) is 0 Å². The fourth-order valence-corrected chi connectivity index (χ4v) is 0.626. The molecule has 0 aromatic rings. The molecule has 54 valence electrons. The summed E-state index contributed by atoms with van der Waals surface area (Å²) in [4.78, 5) is 0. The summed E-state index contributed by atoms with van der Waals surface area (Å²) in [7, 11) is 0. The van der Waals surface area contributed by atoms with E-state index in [1.165, 1.54) is 0 Å². The Morgan fingerprint density at radius 1 is 1.33 bits per heavy atom. The topological polar surface area (TPSA) is 0 Å². The van der Waals surface area contributed by atoms with Crippen LogP contribution in [-0.2, 0) is 0 Å². The van der Waals surface area contributed by atoms with Crippen LogP contribution in [0, 0.1) is 5.41 Å². The van der Waals surface area contributed by atoms with Gasteiger partial charge >= 0.3 is 0 Å². The van der Waals surface area contributed by atoms with Crippen LogP contribution in [0.15, 0.2) is 12.2 Å². The van der Waals surface area contributed by atoms with Crippen molar-refractivity contribution in [3.05, 3.63) is 12.2 Å². The molecule has 0 spiro atoms. The minimum atomic E-state index is 0.312. The van der Waals surface area contributed by atoms with Gasteiger partial charge in [-0.15, -0.1) is 11.6 Å². The van der Waals surface area contributed by atoms with Crippen LogP contribution in [0.2, 0.25) is 0 Å². The van der Waals surface area contributed by atoms with Crippen LogP contribution in [0.25, 0.3) is 0 Å². The Balaban J connectivity index is 3.45. The summed E-state index contributed by atoms with van der Waals surface area (Å²) in [5.74, 6) is 0.729. The van der Waals surface area contributed by atoms with Crippen molar-refractivity contribution in [2.45, 2.75) is 27.2 Å². The van der Waals surface area contributed by atoms with Crippen molar-refractivity contribution in [2.24, 2.45) is 5.41 Å². The molecule has 0 fully saturated rings. The van der Waals surface area contributed by atoms with Crippen molar-refractivity contribution in [1.82, 2.24) is 0 Å². The largest absolute Gasteiger partial charge is 0.126 e. The van der Waals surface area contributed by atoms with Gasteiger partial charge in [-0.1, -0.05) is 32.9 Å². The third-order valence-electron chi connectivity index (χ3n) is 0.894. The fraction of sp³-hybridized carbons (Fsp3) is 0.750. The molecule has 0 unspecified atom stereocenters. The first-order valence-corrected chi connectivity index (χ1v) is 3.83. The number of alkyl halides is 1. The molecule has 0 aliphatic rings. The molecule has 1 heteroatoms. The van der Waals surface area contributed by atoms with Crippen LogP contribution < -0.4 is 0 Å². The lowest BCUT2D eigenvalue weighted by Gasteiger charge is -2.10. The molecule has 0 rings (SSSR count). The highest BCUT2D eigenvalue weighted by Gasteiger charge is 2.01. The molecule has 0 aromatic heterocycles. The Morgan fingerprint density at radius 2 is 1.89 bits per heavy atom. The van der Waals surface area contributed by atoms with Crippen LogP contribution in [0.5, 0.6) is 0 Å². The van der Waals surface area contributed by atoms with Crippen LogP contribution in [0.1, 0.15) is 27.2 Å². The minimum absolute atomic E-state index is 0.312. The first-order valence-electron chi connectivity index (χ1n) is 3.30. The summed E-state index contributed by atoms with van der Waals surface area (Å²) in [5, 5.41) is 0. The molecule has 0 aliphatic heterocycles. The maximum atomic E-state index is 5.48. The van der Waals surface area contributed by atoms with Gasteiger partial charge in [0.1, 0.15) is 0 Å². The van der Waals surface area contributed by atoms with Crippen LogP contribution >= 0.6 is 11.6 Å². The lowest BCUT2D eigenvalue weighted by molar-refractivity contribution is 0.542. The van der Waals surface area contributed by atoms with Crippen molar-refractivity contribution in [3.63, 3.8) is 0 Å². The zero-order valence-electron chi connectivity index (χ0n) is 6.45. The van der Waals surface area contributed by atoms with E-state index in [-0.39, 0.29) is 0 Å². The predicted molar refractivity (Wildman–Crippen MR) is 43.9 cm³/mol. The lowest BCUT2D eigenvalue weighted by Crippen LogP contribution is -1.98. The second-order valence-corrected chi connectivity index (χ2v) is 3.62. The molecule has 0 atom stereocenters. The average Bonchev–Trinajstić information content (AvgIpc) is 1.63. The molecule has 0 heterocycles. The molecule has 0 saturated carbocycles. The van der Waals surface area contributed by atoms with Gasteiger partial charge in [0.2, 0.25) is 0 Å². The quantitative estimate of drug-likeness (QED) is 0.415. The van der Waals surface area contributed by atoms with Crippen LogP contribution in [0.4, 0.5) is 0 Å². The van der Waals surface area contributed by atoms with Gasteiger partial charge in [0.25, 0.3) is 0 Å². The van der Waals surface area contributed by atoms with Crippen molar-refractivity contribution in [3.8, 4) is 0 Å². The van der Waals surface area contributed by atoms with Gasteiger partial charge < -0.3 is 0 Å². The summed E-state index contributed by atoms with van der Waals surface area (Å²) < 4.78 is 0. The Hall–Kier alpha value is 0.0300. The number of halogens is 1. The second-order valence-electron chi connectivity index (χ2n) is 3.25. The highest BCUT2D eigenvalue weighted by atomic mass is 35.5. The molecule has 9 heavy (non-hydrogen) atoms. The number of rotatable bonds is 2. The molecule has 0 saturated heterocycles.